The van der Waals surface area contributed by atoms with Gasteiger partial charge in [0.25, 0.3) is 0 Å². The van der Waals surface area contributed by atoms with Gasteiger partial charge in [-0.05, 0) is 37.3 Å². The number of nitrogens with zero attached hydrogens (tertiary/aromatic N) is 1. The third-order valence-corrected chi connectivity index (χ3v) is 3.87. The summed E-state index contributed by atoms with van der Waals surface area (Å²) in [7, 11) is 1.53. The lowest BCUT2D eigenvalue weighted by molar-refractivity contribution is 0.104. The topological polar surface area (TPSA) is 50.1 Å². The molecule has 0 aromatic heterocycles. The van der Waals surface area contributed by atoms with Crippen molar-refractivity contribution < 1.29 is 9.53 Å². The minimum absolute atomic E-state index is 0.0658. The highest BCUT2D eigenvalue weighted by molar-refractivity contribution is 6.41. The molecule has 2 aromatic rings. The van der Waals surface area contributed by atoms with Crippen LogP contribution in [0.1, 0.15) is 21.5 Å². The van der Waals surface area contributed by atoms with Crippen molar-refractivity contribution in [3.05, 3.63) is 68.7 Å². The molecular formula is C18H13Cl2NO2. The van der Waals surface area contributed by atoms with Crippen LogP contribution in [0.25, 0.3) is 6.08 Å². The van der Waals surface area contributed by atoms with Gasteiger partial charge in [0.1, 0.15) is 17.4 Å². The number of rotatable bonds is 4. The summed E-state index contributed by atoms with van der Waals surface area (Å²) in [6.45, 7) is 1.91. The second kappa shape index (κ2) is 7.32. The van der Waals surface area contributed by atoms with Gasteiger partial charge in [-0.25, -0.2) is 0 Å². The molecule has 0 atom stereocenters. The van der Waals surface area contributed by atoms with Crippen molar-refractivity contribution in [2.45, 2.75) is 6.92 Å². The van der Waals surface area contributed by atoms with Gasteiger partial charge in [0.15, 0.2) is 0 Å². The molecule has 0 bridgehead atoms. The van der Waals surface area contributed by atoms with Crippen molar-refractivity contribution in [1.82, 2.24) is 0 Å². The molecule has 0 unspecified atom stereocenters. The average Bonchev–Trinajstić information content (AvgIpc) is 2.52. The Bertz CT molecular complexity index is 815. The fourth-order valence-corrected chi connectivity index (χ4v) is 2.69. The summed E-state index contributed by atoms with van der Waals surface area (Å²) in [6, 6.07) is 12.2. The third kappa shape index (κ3) is 3.73. The molecule has 116 valence electrons. The van der Waals surface area contributed by atoms with E-state index in [2.05, 4.69) is 0 Å². The number of ketones is 1. The van der Waals surface area contributed by atoms with E-state index in [-0.39, 0.29) is 21.2 Å². The molecule has 3 nitrogen and oxygen atoms in total. The van der Waals surface area contributed by atoms with E-state index in [9.17, 15) is 10.1 Å². The standard InChI is InChI=1S/C18H13Cl2NO2/c1-11-6-7-16(23-2)12(8-11)9-13(10-21)18(22)17-14(19)4-3-5-15(17)20/h3-9H,1-2H3/b13-9+. The number of carbonyl (C=O) groups is 1. The number of ether oxygens (including phenoxy) is 1. The molecule has 0 radical (unpaired) electrons. The Kier molecular flexibility index (Phi) is 5.44. The second-order valence-electron chi connectivity index (χ2n) is 4.84. The van der Waals surface area contributed by atoms with E-state index >= 15 is 0 Å². The zero-order valence-electron chi connectivity index (χ0n) is 12.6. The normalized spacial score (nSPS) is 11.0. The van der Waals surface area contributed by atoms with Gasteiger partial charge in [-0.2, -0.15) is 5.26 Å². The molecule has 0 saturated carbocycles. The fourth-order valence-electron chi connectivity index (χ4n) is 2.12. The number of methoxy groups -OCH3 is 1. The maximum atomic E-state index is 12.6. The van der Waals surface area contributed by atoms with Crippen molar-refractivity contribution in [2.24, 2.45) is 0 Å². The van der Waals surface area contributed by atoms with E-state index in [1.807, 2.05) is 25.1 Å². The van der Waals surface area contributed by atoms with Crippen molar-refractivity contribution >= 4 is 35.1 Å². The monoisotopic (exact) mass is 345 g/mol. The summed E-state index contributed by atoms with van der Waals surface area (Å²) in [4.78, 5) is 12.6. The molecule has 0 spiro atoms. The Morgan fingerprint density at radius 3 is 2.43 bits per heavy atom. The molecule has 0 N–H and O–H groups in total. The number of allylic oxidation sites excluding steroid dienone is 1. The van der Waals surface area contributed by atoms with Crippen LogP contribution in [0.4, 0.5) is 0 Å². The first-order chi connectivity index (χ1) is 11.0. The number of nitriles is 1. The van der Waals surface area contributed by atoms with Gasteiger partial charge < -0.3 is 4.74 Å². The SMILES string of the molecule is COc1ccc(C)cc1/C=C(\C#N)C(=O)c1c(Cl)cccc1Cl. The lowest BCUT2D eigenvalue weighted by Gasteiger charge is -2.08. The van der Waals surface area contributed by atoms with Crippen LogP contribution in [0.3, 0.4) is 0 Å². The van der Waals surface area contributed by atoms with Gasteiger partial charge in [-0.1, -0.05) is 40.9 Å². The first-order valence-corrected chi connectivity index (χ1v) is 7.48. The number of halogens is 2. The second-order valence-corrected chi connectivity index (χ2v) is 5.66. The molecular weight excluding hydrogens is 333 g/mol. The van der Waals surface area contributed by atoms with Crippen LogP contribution in [0.2, 0.25) is 10.0 Å². The quantitative estimate of drug-likeness (QED) is 0.440. The number of Topliss-reactive ketones (excluding diaryl/α,β-unsaturated/α-hetero) is 1. The molecule has 2 aromatic carbocycles. The van der Waals surface area contributed by atoms with Crippen LogP contribution >= 0.6 is 23.2 Å². The largest absolute Gasteiger partial charge is 0.496 e. The number of hydrogen-bond acceptors (Lipinski definition) is 3. The minimum Gasteiger partial charge on any atom is -0.496 e. The Hall–Kier alpha value is -2.28. The van der Waals surface area contributed by atoms with Crippen molar-refractivity contribution in [3.8, 4) is 11.8 Å². The molecule has 2 rings (SSSR count). The molecule has 0 heterocycles. The summed E-state index contributed by atoms with van der Waals surface area (Å²) in [5, 5.41) is 9.78. The highest BCUT2D eigenvalue weighted by atomic mass is 35.5. The van der Waals surface area contributed by atoms with E-state index in [0.717, 1.165) is 5.56 Å². The lowest BCUT2D eigenvalue weighted by atomic mass is 10.0. The number of carbonyl (C=O) groups excluding carboxylic acids is 1. The predicted octanol–water partition coefficient (Wildman–Crippen LogP) is 5.10. The van der Waals surface area contributed by atoms with E-state index in [0.29, 0.717) is 11.3 Å². The van der Waals surface area contributed by atoms with Gasteiger partial charge in [-0.3, -0.25) is 4.79 Å². The van der Waals surface area contributed by atoms with Gasteiger partial charge >= 0.3 is 0 Å². The van der Waals surface area contributed by atoms with Crippen LogP contribution < -0.4 is 4.74 Å². The average molecular weight is 346 g/mol. The predicted molar refractivity (Wildman–Crippen MR) is 92.1 cm³/mol. The number of aryl methyl sites for hydroxylation is 1. The summed E-state index contributed by atoms with van der Waals surface area (Å²) in [6.07, 6.45) is 1.48. The first kappa shape index (κ1) is 17.1. The first-order valence-electron chi connectivity index (χ1n) is 6.73. The molecule has 0 saturated heterocycles. The minimum atomic E-state index is -0.522. The maximum absolute atomic E-state index is 12.6. The molecule has 0 aliphatic heterocycles. The van der Waals surface area contributed by atoms with Crippen LogP contribution in [-0.4, -0.2) is 12.9 Å². The summed E-state index contributed by atoms with van der Waals surface area (Å²) >= 11 is 12.1. The summed E-state index contributed by atoms with van der Waals surface area (Å²) in [5.74, 6) is 0.0491. The van der Waals surface area contributed by atoms with Crippen LogP contribution in [0, 0.1) is 18.3 Å². The van der Waals surface area contributed by atoms with E-state index < -0.39 is 5.78 Å². The molecule has 0 amide bonds. The van der Waals surface area contributed by atoms with Gasteiger partial charge in [0.2, 0.25) is 5.78 Å². The Balaban J connectivity index is 2.54. The zero-order valence-corrected chi connectivity index (χ0v) is 14.1. The van der Waals surface area contributed by atoms with Crippen LogP contribution in [0.5, 0.6) is 5.75 Å². The highest BCUT2D eigenvalue weighted by Gasteiger charge is 2.19. The molecule has 0 fully saturated rings. The van der Waals surface area contributed by atoms with Crippen molar-refractivity contribution in [3.63, 3.8) is 0 Å². The molecule has 0 aliphatic carbocycles. The van der Waals surface area contributed by atoms with Gasteiger partial charge in [0, 0.05) is 5.56 Å². The van der Waals surface area contributed by atoms with Crippen LogP contribution in [0.15, 0.2) is 42.0 Å². The Morgan fingerprint density at radius 1 is 1.22 bits per heavy atom. The lowest BCUT2D eigenvalue weighted by Crippen LogP contribution is -2.04. The maximum Gasteiger partial charge on any atom is 0.206 e. The van der Waals surface area contributed by atoms with Crippen molar-refractivity contribution in [2.75, 3.05) is 7.11 Å². The van der Waals surface area contributed by atoms with E-state index in [4.69, 9.17) is 27.9 Å². The van der Waals surface area contributed by atoms with E-state index in [1.165, 1.54) is 13.2 Å². The van der Waals surface area contributed by atoms with Crippen molar-refractivity contribution in [1.29, 1.82) is 5.26 Å². The van der Waals surface area contributed by atoms with Gasteiger partial charge in [0.05, 0.1) is 22.7 Å². The third-order valence-electron chi connectivity index (χ3n) is 3.24. The molecule has 23 heavy (non-hydrogen) atoms. The summed E-state index contributed by atoms with van der Waals surface area (Å²) in [5.41, 5.74) is 1.68. The molecule has 5 heteroatoms. The Labute approximate surface area is 144 Å². The smallest absolute Gasteiger partial charge is 0.206 e. The van der Waals surface area contributed by atoms with Crippen LogP contribution in [-0.2, 0) is 0 Å². The molecule has 0 aliphatic rings. The number of benzene rings is 2. The summed E-state index contributed by atoms with van der Waals surface area (Å²) < 4.78 is 5.26. The zero-order chi connectivity index (χ0) is 17.0. The highest BCUT2D eigenvalue weighted by Crippen LogP contribution is 2.29. The van der Waals surface area contributed by atoms with E-state index in [1.54, 1.807) is 24.3 Å². The number of hydrogen-bond donors (Lipinski definition) is 0. The van der Waals surface area contributed by atoms with Gasteiger partial charge in [-0.15, -0.1) is 0 Å². The Morgan fingerprint density at radius 2 is 1.87 bits per heavy atom. The fraction of sp³-hybridized carbons (Fsp3) is 0.111.